The number of nitrogens with zero attached hydrogens (tertiary/aromatic N) is 2. The van der Waals surface area contributed by atoms with Crippen LogP contribution in [0.1, 0.15) is 11.1 Å². The van der Waals surface area contributed by atoms with Crippen molar-refractivity contribution in [1.82, 2.24) is 0 Å². The Morgan fingerprint density at radius 2 is 2.10 bits per heavy atom. The molecule has 0 bridgehead atoms. The molecule has 112 valence electrons. The number of nitrogens with two attached hydrogens (primary N) is 1. The van der Waals surface area contributed by atoms with Crippen LogP contribution in [0.2, 0.25) is 0 Å². The molecule has 0 aliphatic heterocycles. The van der Waals surface area contributed by atoms with Gasteiger partial charge in [-0.3, -0.25) is 0 Å². The average Bonchev–Trinajstić information content (AvgIpc) is 2.42. The van der Waals surface area contributed by atoms with E-state index in [4.69, 9.17) is 15.7 Å². The summed E-state index contributed by atoms with van der Waals surface area (Å²) in [5, 5.41) is 11.5. The van der Waals surface area contributed by atoms with E-state index in [9.17, 15) is 13.2 Å². The van der Waals surface area contributed by atoms with Crippen molar-refractivity contribution in [1.29, 1.82) is 0 Å². The zero-order valence-electron chi connectivity index (χ0n) is 11.1. The molecule has 0 aromatic heterocycles. The van der Waals surface area contributed by atoms with E-state index in [-0.39, 0.29) is 11.4 Å². The van der Waals surface area contributed by atoms with E-state index in [2.05, 4.69) is 5.16 Å². The molecule has 0 heterocycles. The van der Waals surface area contributed by atoms with Gasteiger partial charge < -0.3 is 20.6 Å². The maximum absolute atomic E-state index is 12.7. The number of hydrogen-bond donors (Lipinski definition) is 2. The van der Waals surface area contributed by atoms with Gasteiger partial charge >= 0.3 is 6.18 Å². The van der Waals surface area contributed by atoms with Crippen LogP contribution in [0.25, 0.3) is 0 Å². The predicted octanol–water partition coefficient (Wildman–Crippen LogP) is 1.88. The first-order valence-electron chi connectivity index (χ1n) is 5.70. The van der Waals surface area contributed by atoms with Gasteiger partial charge in [0, 0.05) is 32.0 Å². The number of alkyl halides is 3. The van der Waals surface area contributed by atoms with Gasteiger partial charge in [0.2, 0.25) is 0 Å². The van der Waals surface area contributed by atoms with Crippen LogP contribution in [0.5, 0.6) is 0 Å². The van der Waals surface area contributed by atoms with Gasteiger partial charge in [-0.2, -0.15) is 13.2 Å². The third kappa shape index (κ3) is 3.77. The maximum atomic E-state index is 12.7. The first-order chi connectivity index (χ1) is 9.31. The lowest BCUT2D eigenvalue weighted by molar-refractivity contribution is -0.137. The minimum Gasteiger partial charge on any atom is -0.409 e. The zero-order valence-corrected chi connectivity index (χ0v) is 11.1. The Hall–Kier alpha value is -1.96. The summed E-state index contributed by atoms with van der Waals surface area (Å²) in [6.07, 6.45) is -4.49. The van der Waals surface area contributed by atoms with E-state index in [1.807, 2.05) is 0 Å². The number of benzene rings is 1. The molecule has 0 spiro atoms. The van der Waals surface area contributed by atoms with Crippen LogP contribution in [-0.4, -0.2) is 38.4 Å². The highest BCUT2D eigenvalue weighted by molar-refractivity contribution is 6.02. The number of rotatable bonds is 5. The molecule has 1 aromatic rings. The number of ether oxygens (including phenoxy) is 1. The summed E-state index contributed by atoms with van der Waals surface area (Å²) >= 11 is 0. The SMILES string of the molecule is COCCN(C)c1ccc(C(F)(F)F)cc1C(N)=NO. The lowest BCUT2D eigenvalue weighted by Crippen LogP contribution is -2.26. The second-order valence-corrected chi connectivity index (χ2v) is 4.13. The zero-order chi connectivity index (χ0) is 15.3. The van der Waals surface area contributed by atoms with E-state index >= 15 is 0 Å². The molecule has 8 heteroatoms. The van der Waals surface area contributed by atoms with E-state index in [1.165, 1.54) is 13.2 Å². The quantitative estimate of drug-likeness (QED) is 0.376. The van der Waals surface area contributed by atoms with Gasteiger partial charge in [0.05, 0.1) is 12.2 Å². The lowest BCUT2D eigenvalue weighted by Gasteiger charge is -2.22. The van der Waals surface area contributed by atoms with Crippen LogP contribution >= 0.6 is 0 Å². The number of likely N-dealkylation sites (N-methyl/N-ethyl adjacent to an activating group) is 1. The molecule has 0 aliphatic rings. The third-order valence-electron chi connectivity index (χ3n) is 2.75. The molecule has 3 N–H and O–H groups in total. The monoisotopic (exact) mass is 291 g/mol. The Balaban J connectivity index is 3.24. The minimum absolute atomic E-state index is 0.0147. The molecule has 0 aliphatic carbocycles. The number of anilines is 1. The number of methoxy groups -OCH3 is 1. The van der Waals surface area contributed by atoms with Crippen molar-refractivity contribution in [2.75, 3.05) is 32.2 Å². The molecule has 0 saturated heterocycles. The molecule has 1 rings (SSSR count). The van der Waals surface area contributed by atoms with Crippen LogP contribution in [0.15, 0.2) is 23.4 Å². The Kier molecular flexibility index (Phi) is 5.20. The van der Waals surface area contributed by atoms with Gasteiger partial charge in [-0.25, -0.2) is 0 Å². The van der Waals surface area contributed by atoms with Gasteiger partial charge in [-0.1, -0.05) is 5.16 Å². The fourth-order valence-corrected chi connectivity index (χ4v) is 1.65. The fourth-order valence-electron chi connectivity index (χ4n) is 1.65. The third-order valence-corrected chi connectivity index (χ3v) is 2.75. The molecule has 0 unspecified atom stereocenters. The molecule has 0 radical (unpaired) electrons. The minimum atomic E-state index is -4.49. The number of hydrogen-bond acceptors (Lipinski definition) is 4. The number of amidine groups is 1. The standard InChI is InChI=1S/C12H16F3N3O2/c1-18(5-6-20-2)10-4-3-8(12(13,14)15)7-9(10)11(16)17-19/h3-4,7,19H,5-6H2,1-2H3,(H2,16,17). The van der Waals surface area contributed by atoms with Crippen LogP contribution in [-0.2, 0) is 10.9 Å². The van der Waals surface area contributed by atoms with Gasteiger partial charge in [-0.15, -0.1) is 0 Å². The topological polar surface area (TPSA) is 71.1 Å². The Morgan fingerprint density at radius 1 is 1.45 bits per heavy atom. The van der Waals surface area contributed by atoms with Crippen LogP contribution in [0.4, 0.5) is 18.9 Å². The van der Waals surface area contributed by atoms with Gasteiger partial charge in [0.25, 0.3) is 0 Å². The van der Waals surface area contributed by atoms with Crippen LogP contribution in [0.3, 0.4) is 0 Å². The fraction of sp³-hybridized carbons (Fsp3) is 0.417. The molecule has 1 aromatic carbocycles. The first-order valence-corrected chi connectivity index (χ1v) is 5.70. The van der Waals surface area contributed by atoms with E-state index in [1.54, 1.807) is 11.9 Å². The highest BCUT2D eigenvalue weighted by atomic mass is 19.4. The summed E-state index contributed by atoms with van der Waals surface area (Å²) in [6.45, 7) is 0.848. The lowest BCUT2D eigenvalue weighted by atomic mass is 10.1. The molecular weight excluding hydrogens is 275 g/mol. The summed E-state index contributed by atoms with van der Waals surface area (Å²) in [4.78, 5) is 1.66. The van der Waals surface area contributed by atoms with Crippen molar-refractivity contribution in [3.63, 3.8) is 0 Å². The van der Waals surface area contributed by atoms with Crippen LogP contribution in [0, 0.1) is 0 Å². The van der Waals surface area contributed by atoms with Crippen molar-refractivity contribution in [3.8, 4) is 0 Å². The number of oxime groups is 1. The Labute approximate surface area is 114 Å². The normalized spacial score (nSPS) is 12.6. The molecular formula is C12H16F3N3O2. The second kappa shape index (κ2) is 6.47. The molecule has 20 heavy (non-hydrogen) atoms. The highest BCUT2D eigenvalue weighted by Crippen LogP contribution is 2.32. The van der Waals surface area contributed by atoms with Crippen molar-refractivity contribution in [3.05, 3.63) is 29.3 Å². The predicted molar refractivity (Wildman–Crippen MR) is 69.1 cm³/mol. The first kappa shape index (κ1) is 16.1. The molecule has 0 saturated carbocycles. The van der Waals surface area contributed by atoms with Crippen molar-refractivity contribution in [2.24, 2.45) is 10.9 Å². The summed E-state index contributed by atoms with van der Waals surface area (Å²) in [6, 6.07) is 3.09. The summed E-state index contributed by atoms with van der Waals surface area (Å²) in [7, 11) is 3.20. The van der Waals surface area contributed by atoms with E-state index < -0.39 is 11.7 Å². The highest BCUT2D eigenvalue weighted by Gasteiger charge is 2.31. The summed E-state index contributed by atoms with van der Waals surface area (Å²) in [5.74, 6) is -0.379. The number of halogens is 3. The van der Waals surface area contributed by atoms with Gasteiger partial charge in [0.1, 0.15) is 0 Å². The maximum Gasteiger partial charge on any atom is 0.416 e. The molecule has 0 atom stereocenters. The molecule has 0 amide bonds. The average molecular weight is 291 g/mol. The largest absolute Gasteiger partial charge is 0.416 e. The summed E-state index contributed by atoms with van der Waals surface area (Å²) < 4.78 is 43.0. The Morgan fingerprint density at radius 3 is 2.60 bits per heavy atom. The van der Waals surface area contributed by atoms with Gasteiger partial charge in [-0.05, 0) is 18.2 Å². The smallest absolute Gasteiger partial charge is 0.409 e. The van der Waals surface area contributed by atoms with E-state index in [0.29, 0.717) is 18.8 Å². The second-order valence-electron chi connectivity index (χ2n) is 4.13. The van der Waals surface area contributed by atoms with Crippen molar-refractivity contribution < 1.29 is 23.1 Å². The van der Waals surface area contributed by atoms with Crippen molar-refractivity contribution in [2.45, 2.75) is 6.18 Å². The van der Waals surface area contributed by atoms with Crippen LogP contribution < -0.4 is 10.6 Å². The van der Waals surface area contributed by atoms with Gasteiger partial charge in [0.15, 0.2) is 5.84 Å². The van der Waals surface area contributed by atoms with E-state index in [0.717, 1.165) is 12.1 Å². The summed E-state index contributed by atoms with van der Waals surface area (Å²) in [5.41, 5.74) is 5.03. The van der Waals surface area contributed by atoms with Crippen molar-refractivity contribution >= 4 is 11.5 Å². The Bertz CT molecular complexity index is 489. The molecule has 5 nitrogen and oxygen atoms in total. The molecule has 0 fully saturated rings.